The van der Waals surface area contributed by atoms with E-state index in [9.17, 15) is 14.5 Å². The molecule has 0 aliphatic rings. The molecule has 1 heterocycles. The van der Waals surface area contributed by atoms with Crippen LogP contribution in [0, 0.1) is 29.8 Å². The molecule has 9 heteroatoms. The normalized spacial score (nSPS) is 11.9. The SMILES string of the molecule is Cc1cccc(-n2c(C)nnc2S[C@H](C[N+](=O)[O-])c2ccc(OCc3ccc(F)cc3)cc2)c1. The third kappa shape index (κ3) is 5.79. The van der Waals surface area contributed by atoms with Crippen LogP contribution in [0.1, 0.15) is 27.8 Å². The van der Waals surface area contributed by atoms with Gasteiger partial charge in [-0.25, -0.2) is 4.39 Å². The Morgan fingerprint density at radius 3 is 2.47 bits per heavy atom. The van der Waals surface area contributed by atoms with Crippen LogP contribution in [0.4, 0.5) is 4.39 Å². The smallest absolute Gasteiger partial charge is 0.220 e. The van der Waals surface area contributed by atoms with Crippen molar-refractivity contribution in [3.05, 3.63) is 111 Å². The van der Waals surface area contributed by atoms with E-state index in [0.29, 0.717) is 23.3 Å². The fourth-order valence-electron chi connectivity index (χ4n) is 3.48. The van der Waals surface area contributed by atoms with Gasteiger partial charge in [-0.05, 0) is 66.9 Å². The number of rotatable bonds is 9. The van der Waals surface area contributed by atoms with Crippen molar-refractivity contribution in [2.45, 2.75) is 30.9 Å². The number of nitrogens with zero attached hydrogens (tertiary/aromatic N) is 4. The summed E-state index contributed by atoms with van der Waals surface area (Å²) in [6.07, 6.45) is 0. The summed E-state index contributed by atoms with van der Waals surface area (Å²) in [6.45, 7) is 3.89. The second-order valence-electron chi connectivity index (χ2n) is 7.81. The largest absolute Gasteiger partial charge is 0.489 e. The van der Waals surface area contributed by atoms with Crippen LogP contribution >= 0.6 is 11.8 Å². The molecule has 0 fully saturated rings. The Morgan fingerprint density at radius 2 is 1.79 bits per heavy atom. The average Bonchev–Trinajstić information content (AvgIpc) is 3.18. The predicted molar refractivity (Wildman–Crippen MR) is 128 cm³/mol. The molecule has 174 valence electrons. The molecular formula is C25H23FN4O3S. The lowest BCUT2D eigenvalue weighted by atomic mass is 10.1. The number of aryl methyl sites for hydroxylation is 2. The van der Waals surface area contributed by atoms with Gasteiger partial charge in [-0.1, -0.05) is 48.2 Å². The highest BCUT2D eigenvalue weighted by Gasteiger charge is 2.24. The van der Waals surface area contributed by atoms with Crippen molar-refractivity contribution in [3.8, 4) is 11.4 Å². The zero-order chi connectivity index (χ0) is 24.1. The van der Waals surface area contributed by atoms with Crippen molar-refractivity contribution >= 4 is 11.8 Å². The Bertz CT molecular complexity index is 1280. The van der Waals surface area contributed by atoms with Gasteiger partial charge in [0, 0.05) is 10.6 Å². The van der Waals surface area contributed by atoms with Gasteiger partial charge in [0.05, 0.1) is 0 Å². The summed E-state index contributed by atoms with van der Waals surface area (Å²) in [7, 11) is 0. The molecule has 0 aliphatic heterocycles. The fraction of sp³-hybridized carbons (Fsp3) is 0.200. The van der Waals surface area contributed by atoms with Crippen LogP contribution in [0.3, 0.4) is 0 Å². The number of hydrogen-bond donors (Lipinski definition) is 0. The molecule has 0 saturated heterocycles. The molecule has 7 nitrogen and oxygen atoms in total. The van der Waals surface area contributed by atoms with Gasteiger partial charge < -0.3 is 4.74 Å². The number of benzene rings is 3. The Hall–Kier alpha value is -3.72. The first-order valence-electron chi connectivity index (χ1n) is 10.6. The summed E-state index contributed by atoms with van der Waals surface area (Å²) in [6, 6.07) is 21.3. The summed E-state index contributed by atoms with van der Waals surface area (Å²) in [4.78, 5) is 11.1. The van der Waals surface area contributed by atoms with Crippen LogP contribution in [-0.2, 0) is 6.61 Å². The third-order valence-corrected chi connectivity index (χ3v) is 6.37. The maximum atomic E-state index is 13.1. The fourth-order valence-corrected chi connectivity index (χ4v) is 4.66. The van der Waals surface area contributed by atoms with Crippen LogP contribution in [0.25, 0.3) is 5.69 Å². The molecule has 4 rings (SSSR count). The van der Waals surface area contributed by atoms with Crippen LogP contribution in [-0.4, -0.2) is 26.2 Å². The highest BCUT2D eigenvalue weighted by Crippen LogP contribution is 2.36. The quantitative estimate of drug-likeness (QED) is 0.174. The molecule has 0 radical (unpaired) electrons. The Morgan fingerprint density at radius 1 is 1.06 bits per heavy atom. The van der Waals surface area contributed by atoms with E-state index in [4.69, 9.17) is 4.74 Å². The van der Waals surface area contributed by atoms with E-state index in [1.165, 1.54) is 23.9 Å². The molecule has 0 unspecified atom stereocenters. The Labute approximate surface area is 200 Å². The molecule has 1 atom stereocenters. The molecule has 3 aromatic carbocycles. The van der Waals surface area contributed by atoms with Crippen molar-refractivity contribution in [2.75, 3.05) is 6.54 Å². The van der Waals surface area contributed by atoms with Crippen LogP contribution in [0.15, 0.2) is 78.0 Å². The monoisotopic (exact) mass is 478 g/mol. The predicted octanol–water partition coefficient (Wildman–Crippen LogP) is 5.71. The highest BCUT2D eigenvalue weighted by atomic mass is 32.2. The number of thioether (sulfide) groups is 1. The van der Waals surface area contributed by atoms with E-state index < -0.39 is 5.25 Å². The number of ether oxygens (including phenoxy) is 1. The van der Waals surface area contributed by atoms with Crippen molar-refractivity contribution in [2.24, 2.45) is 0 Å². The minimum Gasteiger partial charge on any atom is -0.489 e. The summed E-state index contributed by atoms with van der Waals surface area (Å²) in [5.41, 5.74) is 3.64. The minimum absolute atomic E-state index is 0.264. The van der Waals surface area contributed by atoms with Gasteiger partial charge in [0.2, 0.25) is 6.54 Å². The molecule has 1 aromatic heterocycles. The zero-order valence-corrected chi connectivity index (χ0v) is 19.5. The van der Waals surface area contributed by atoms with Crippen molar-refractivity contribution in [1.29, 1.82) is 0 Å². The lowest BCUT2D eigenvalue weighted by molar-refractivity contribution is -0.479. The van der Waals surface area contributed by atoms with Crippen molar-refractivity contribution in [3.63, 3.8) is 0 Å². The van der Waals surface area contributed by atoms with E-state index in [2.05, 4.69) is 10.2 Å². The first-order valence-corrected chi connectivity index (χ1v) is 11.5. The van der Waals surface area contributed by atoms with E-state index in [0.717, 1.165) is 22.4 Å². The Balaban J connectivity index is 1.53. The zero-order valence-electron chi connectivity index (χ0n) is 18.7. The lowest BCUT2D eigenvalue weighted by Crippen LogP contribution is -2.11. The van der Waals surface area contributed by atoms with Crippen LogP contribution in [0.5, 0.6) is 5.75 Å². The maximum Gasteiger partial charge on any atom is 0.220 e. The molecule has 0 N–H and O–H groups in total. The van der Waals surface area contributed by atoms with Gasteiger partial charge in [-0.2, -0.15) is 0 Å². The molecule has 0 aliphatic carbocycles. The standard InChI is InChI=1S/C25H23FN4O3S/c1-17-4-3-5-22(14-17)30-18(2)27-28-25(30)34-24(15-29(31)32)20-8-12-23(13-9-20)33-16-19-6-10-21(26)11-7-19/h3-14,24H,15-16H2,1-2H3/t24-/m1/s1. The van der Waals surface area contributed by atoms with E-state index >= 15 is 0 Å². The molecule has 34 heavy (non-hydrogen) atoms. The average molecular weight is 479 g/mol. The van der Waals surface area contributed by atoms with Crippen molar-refractivity contribution in [1.82, 2.24) is 14.8 Å². The highest BCUT2D eigenvalue weighted by molar-refractivity contribution is 7.99. The maximum absolute atomic E-state index is 13.1. The summed E-state index contributed by atoms with van der Waals surface area (Å²) < 4.78 is 20.7. The summed E-state index contributed by atoms with van der Waals surface area (Å²) >= 11 is 1.31. The first-order chi connectivity index (χ1) is 16.4. The van der Waals surface area contributed by atoms with Gasteiger partial charge in [-0.3, -0.25) is 14.7 Å². The van der Waals surface area contributed by atoms with Gasteiger partial charge in [0.15, 0.2) is 5.16 Å². The van der Waals surface area contributed by atoms with E-state index in [-0.39, 0.29) is 17.3 Å². The second-order valence-corrected chi connectivity index (χ2v) is 8.98. The number of nitro groups is 1. The number of aromatic nitrogens is 3. The third-order valence-electron chi connectivity index (χ3n) is 5.19. The van der Waals surface area contributed by atoms with Gasteiger partial charge >= 0.3 is 0 Å². The van der Waals surface area contributed by atoms with E-state index in [1.807, 2.05) is 54.8 Å². The number of halogens is 1. The molecule has 0 amide bonds. The molecule has 0 bridgehead atoms. The first kappa shape index (κ1) is 23.4. The number of hydrogen-bond acceptors (Lipinski definition) is 6. The van der Waals surface area contributed by atoms with Crippen LogP contribution < -0.4 is 4.74 Å². The topological polar surface area (TPSA) is 83.1 Å². The summed E-state index contributed by atoms with van der Waals surface area (Å²) in [5, 5.41) is 20.0. The van der Waals surface area contributed by atoms with Crippen molar-refractivity contribution < 1.29 is 14.1 Å². The second kappa shape index (κ2) is 10.5. The molecule has 4 aromatic rings. The lowest BCUT2D eigenvalue weighted by Gasteiger charge is -2.15. The van der Waals surface area contributed by atoms with E-state index in [1.54, 1.807) is 24.3 Å². The minimum atomic E-state index is -0.465. The van der Waals surface area contributed by atoms with Gasteiger partial charge in [0.25, 0.3) is 0 Å². The van der Waals surface area contributed by atoms with Crippen LogP contribution in [0.2, 0.25) is 0 Å². The van der Waals surface area contributed by atoms with Gasteiger partial charge in [-0.15, -0.1) is 10.2 Å². The Kier molecular flexibility index (Phi) is 7.22. The summed E-state index contributed by atoms with van der Waals surface area (Å²) in [5.74, 6) is 1.03. The molecular weight excluding hydrogens is 455 g/mol. The van der Waals surface area contributed by atoms with Gasteiger partial charge in [0.1, 0.15) is 29.2 Å². The molecule has 0 saturated carbocycles. The molecule has 0 spiro atoms.